The number of aliphatic hydroxyl groups is 1. The molecule has 1 aliphatic heterocycles. The molecule has 1 amide bonds. The number of nitrogens with one attached hydrogen (secondary N) is 1. The molecule has 4 rings (SSSR count). The van der Waals surface area contributed by atoms with Crippen LogP contribution in [0.15, 0.2) is 58.9 Å². The molecule has 5 nitrogen and oxygen atoms in total. The van der Waals surface area contributed by atoms with E-state index >= 15 is 0 Å². The molecule has 176 valence electrons. The average molecular weight is 532 g/mol. The van der Waals surface area contributed by atoms with Crippen molar-refractivity contribution in [2.45, 2.75) is 42.7 Å². The molecule has 1 saturated carbocycles. The minimum Gasteiger partial charge on any atom is -0.497 e. The van der Waals surface area contributed by atoms with E-state index < -0.39 is 11.0 Å². The molecule has 1 aliphatic carbocycles. The monoisotopic (exact) mass is 530 g/mol. The Morgan fingerprint density at radius 1 is 1.42 bits per heavy atom. The maximum atomic E-state index is 12.7. The largest absolute Gasteiger partial charge is 0.497 e. The highest BCUT2D eigenvalue weighted by Crippen LogP contribution is 2.52. The Morgan fingerprint density at radius 3 is 3.00 bits per heavy atom. The first-order chi connectivity index (χ1) is 15.9. The van der Waals surface area contributed by atoms with Crippen LogP contribution in [0.25, 0.3) is 6.08 Å². The lowest BCUT2D eigenvalue weighted by Crippen LogP contribution is -2.67. The van der Waals surface area contributed by atoms with Gasteiger partial charge in [-0.3, -0.25) is 9.69 Å². The fourth-order valence-electron chi connectivity index (χ4n) is 5.46. The summed E-state index contributed by atoms with van der Waals surface area (Å²) in [6.07, 6.45) is 8.23. The normalized spacial score (nSPS) is 27.8. The first-order valence-corrected chi connectivity index (χ1v) is 13.0. The summed E-state index contributed by atoms with van der Waals surface area (Å²) in [6, 6.07) is 10.0. The van der Waals surface area contributed by atoms with E-state index in [0.29, 0.717) is 19.4 Å². The van der Waals surface area contributed by atoms with Gasteiger partial charge in [-0.2, -0.15) is 0 Å². The standard InChI is InChI=1S/C26H31BrN2O3S/c1-3-12-29-13-11-25(19-5-4-6-22(14-19)32-2)16-21(9-10-26(25,31)18-29)28-24(30)8-7-23-15-20(27)17-33-23/h3-8,14-15,17,21,31H,1,9-13,16,18H2,2H3,(H,28,30)/t21-,25-,26-/m0/s1. The summed E-state index contributed by atoms with van der Waals surface area (Å²) in [7, 11) is 1.66. The molecule has 0 spiro atoms. The Bertz CT molecular complexity index is 1040. The van der Waals surface area contributed by atoms with Crippen molar-refractivity contribution in [2.75, 3.05) is 26.7 Å². The lowest BCUT2D eigenvalue weighted by Gasteiger charge is -2.58. The third-order valence-corrected chi connectivity index (χ3v) is 8.73. The molecule has 2 aliphatic rings. The van der Waals surface area contributed by atoms with E-state index in [4.69, 9.17) is 4.74 Å². The van der Waals surface area contributed by atoms with Crippen molar-refractivity contribution in [3.05, 3.63) is 69.4 Å². The Morgan fingerprint density at radius 2 is 2.27 bits per heavy atom. The number of nitrogens with zero attached hydrogens (tertiary/aromatic N) is 1. The molecule has 1 saturated heterocycles. The van der Waals surface area contributed by atoms with Crippen molar-refractivity contribution in [3.8, 4) is 5.75 Å². The highest BCUT2D eigenvalue weighted by Gasteiger charge is 2.57. The maximum absolute atomic E-state index is 12.7. The first kappa shape index (κ1) is 24.2. The second-order valence-corrected chi connectivity index (χ2v) is 10.9. The number of fused-ring (bicyclic) bond motifs is 1. The van der Waals surface area contributed by atoms with Crippen LogP contribution in [0.2, 0.25) is 0 Å². The van der Waals surface area contributed by atoms with E-state index in [1.807, 2.05) is 41.8 Å². The Balaban J connectivity index is 1.57. The number of likely N-dealkylation sites (tertiary alicyclic amines) is 1. The van der Waals surface area contributed by atoms with Gasteiger partial charge in [-0.05, 0) is 78.0 Å². The molecular formula is C26H31BrN2O3S. The molecule has 2 aromatic rings. The van der Waals surface area contributed by atoms with Gasteiger partial charge in [0.2, 0.25) is 5.91 Å². The Kier molecular flexibility index (Phi) is 7.43. The van der Waals surface area contributed by atoms with Gasteiger partial charge in [0.05, 0.1) is 12.7 Å². The number of carbonyl (C=O) groups excluding carboxylic acids is 1. The number of hydrogen-bond donors (Lipinski definition) is 2. The first-order valence-electron chi connectivity index (χ1n) is 11.3. The van der Waals surface area contributed by atoms with Gasteiger partial charge in [0.15, 0.2) is 0 Å². The Hall–Kier alpha value is -1.93. The highest BCUT2D eigenvalue weighted by atomic mass is 79.9. The maximum Gasteiger partial charge on any atom is 0.244 e. The topological polar surface area (TPSA) is 61.8 Å². The van der Waals surface area contributed by atoms with Crippen LogP contribution in [-0.4, -0.2) is 54.3 Å². The van der Waals surface area contributed by atoms with Crippen LogP contribution >= 0.6 is 27.3 Å². The van der Waals surface area contributed by atoms with Gasteiger partial charge in [0.25, 0.3) is 0 Å². The van der Waals surface area contributed by atoms with Gasteiger partial charge in [-0.25, -0.2) is 0 Å². The number of methoxy groups -OCH3 is 1. The third kappa shape index (κ3) is 5.11. The molecule has 7 heteroatoms. The van der Waals surface area contributed by atoms with Gasteiger partial charge < -0.3 is 15.2 Å². The lowest BCUT2D eigenvalue weighted by molar-refractivity contribution is -0.130. The van der Waals surface area contributed by atoms with Crippen molar-refractivity contribution in [3.63, 3.8) is 0 Å². The van der Waals surface area contributed by atoms with E-state index in [1.165, 1.54) is 0 Å². The molecule has 2 heterocycles. The second kappa shape index (κ2) is 10.1. The van der Waals surface area contributed by atoms with Crippen molar-refractivity contribution in [2.24, 2.45) is 0 Å². The van der Waals surface area contributed by atoms with Crippen LogP contribution in [0, 0.1) is 0 Å². The quantitative estimate of drug-likeness (QED) is 0.400. The average Bonchev–Trinajstić information content (AvgIpc) is 3.23. The van der Waals surface area contributed by atoms with Gasteiger partial charge >= 0.3 is 0 Å². The number of ether oxygens (including phenoxy) is 1. The smallest absolute Gasteiger partial charge is 0.244 e. The predicted molar refractivity (Wildman–Crippen MR) is 138 cm³/mol. The number of β-amino-alcohol motifs (C(OH)–C–C–N with tert-alkyl or cyclic N) is 1. The highest BCUT2D eigenvalue weighted by molar-refractivity contribution is 9.10. The molecular weight excluding hydrogens is 500 g/mol. The van der Waals surface area contributed by atoms with Crippen LogP contribution in [0.3, 0.4) is 0 Å². The predicted octanol–water partition coefficient (Wildman–Crippen LogP) is 4.76. The van der Waals surface area contributed by atoms with Gasteiger partial charge in [-0.1, -0.05) is 18.2 Å². The van der Waals surface area contributed by atoms with Crippen LogP contribution in [0.5, 0.6) is 5.75 Å². The zero-order valence-electron chi connectivity index (χ0n) is 18.9. The number of rotatable bonds is 7. The van der Waals surface area contributed by atoms with Gasteiger partial charge in [0, 0.05) is 45.4 Å². The molecule has 33 heavy (non-hydrogen) atoms. The molecule has 0 unspecified atom stereocenters. The van der Waals surface area contributed by atoms with Gasteiger partial charge in [0.1, 0.15) is 5.75 Å². The summed E-state index contributed by atoms with van der Waals surface area (Å²) < 4.78 is 6.51. The molecule has 3 atom stereocenters. The van der Waals surface area contributed by atoms with E-state index in [9.17, 15) is 9.90 Å². The minimum atomic E-state index is -0.874. The van der Waals surface area contributed by atoms with Crippen LogP contribution in [0.1, 0.15) is 36.1 Å². The molecule has 2 fully saturated rings. The number of amides is 1. The number of carbonyl (C=O) groups is 1. The number of benzene rings is 1. The fraction of sp³-hybridized carbons (Fsp3) is 0.423. The Labute approximate surface area is 208 Å². The van der Waals surface area contributed by atoms with E-state index in [0.717, 1.165) is 46.6 Å². The second-order valence-electron chi connectivity index (χ2n) is 9.07. The van der Waals surface area contributed by atoms with Crippen molar-refractivity contribution >= 4 is 39.2 Å². The number of piperidine rings is 1. The SMILES string of the molecule is C=CCN1CC[C@@]2(c3cccc(OC)c3)C[C@@H](NC(=O)C=Cc3cc(Br)cs3)CC[C@]2(O)C1. The summed E-state index contributed by atoms with van der Waals surface area (Å²) >= 11 is 5.03. The molecule has 1 aromatic carbocycles. The summed E-state index contributed by atoms with van der Waals surface area (Å²) in [6.45, 7) is 6.11. The van der Waals surface area contributed by atoms with Crippen LogP contribution in [-0.2, 0) is 10.2 Å². The fourth-order valence-corrected chi connectivity index (χ4v) is 6.80. The van der Waals surface area contributed by atoms with Crippen LogP contribution < -0.4 is 10.1 Å². The summed E-state index contributed by atoms with van der Waals surface area (Å²) in [5, 5.41) is 17.2. The van der Waals surface area contributed by atoms with Crippen LogP contribution in [0.4, 0.5) is 0 Å². The number of halogens is 1. The van der Waals surface area contributed by atoms with Crippen molar-refractivity contribution in [1.29, 1.82) is 0 Å². The van der Waals surface area contributed by atoms with E-state index in [-0.39, 0.29) is 11.9 Å². The summed E-state index contributed by atoms with van der Waals surface area (Å²) in [5.41, 5.74) is -0.237. The number of thiophene rings is 1. The number of hydrogen-bond acceptors (Lipinski definition) is 5. The zero-order valence-corrected chi connectivity index (χ0v) is 21.3. The molecule has 2 N–H and O–H groups in total. The van der Waals surface area contributed by atoms with E-state index in [2.05, 4.69) is 38.8 Å². The van der Waals surface area contributed by atoms with Crippen molar-refractivity contribution in [1.82, 2.24) is 10.2 Å². The van der Waals surface area contributed by atoms with Gasteiger partial charge in [-0.15, -0.1) is 17.9 Å². The zero-order chi connectivity index (χ0) is 23.5. The van der Waals surface area contributed by atoms with E-state index in [1.54, 1.807) is 24.5 Å². The molecule has 1 aromatic heterocycles. The van der Waals surface area contributed by atoms with Crippen molar-refractivity contribution < 1.29 is 14.6 Å². The summed E-state index contributed by atoms with van der Waals surface area (Å²) in [5.74, 6) is 0.689. The lowest BCUT2D eigenvalue weighted by atomic mass is 9.55. The molecule has 0 bridgehead atoms. The molecule has 0 radical (unpaired) electrons. The minimum absolute atomic E-state index is 0.00495. The summed E-state index contributed by atoms with van der Waals surface area (Å²) in [4.78, 5) is 16.0. The third-order valence-electron chi connectivity index (χ3n) is 7.07.